The number of hydrogen-bond acceptors (Lipinski definition) is 2. The maximum atomic E-state index is 12.8. The van der Waals surface area contributed by atoms with E-state index >= 15 is 0 Å². The van der Waals surface area contributed by atoms with Gasteiger partial charge in [-0.15, -0.1) is 0 Å². The van der Waals surface area contributed by atoms with Crippen LogP contribution in [-0.2, 0) is 4.79 Å². The summed E-state index contributed by atoms with van der Waals surface area (Å²) in [6.45, 7) is 1.26. The summed E-state index contributed by atoms with van der Waals surface area (Å²) < 4.78 is 61.6. The van der Waals surface area contributed by atoms with Crippen molar-refractivity contribution in [3.63, 3.8) is 0 Å². The van der Waals surface area contributed by atoms with Crippen molar-refractivity contribution in [2.24, 2.45) is 5.92 Å². The summed E-state index contributed by atoms with van der Waals surface area (Å²) >= 11 is 0. The molecule has 1 aliphatic rings. The molecule has 0 aromatic heterocycles. The molecule has 18 heavy (non-hydrogen) atoms. The predicted octanol–water partition coefficient (Wildman–Crippen LogP) is 1.59. The topological polar surface area (TPSA) is 23.6 Å². The zero-order chi connectivity index (χ0) is 14.1. The van der Waals surface area contributed by atoms with Crippen LogP contribution in [0.4, 0.5) is 22.0 Å². The molecule has 106 valence electrons. The predicted molar refractivity (Wildman–Crippen MR) is 54.2 cm³/mol. The van der Waals surface area contributed by atoms with Gasteiger partial charge in [0.1, 0.15) is 0 Å². The summed E-state index contributed by atoms with van der Waals surface area (Å²) in [5.74, 6) is -7.57. The van der Waals surface area contributed by atoms with Gasteiger partial charge in [0.05, 0.1) is 0 Å². The minimum Gasteiger partial charge on any atom is -0.340 e. The van der Waals surface area contributed by atoms with Crippen LogP contribution in [0, 0.1) is 5.92 Å². The third kappa shape index (κ3) is 3.09. The Bertz CT molecular complexity index is 318. The van der Waals surface area contributed by atoms with Crippen LogP contribution in [0.15, 0.2) is 0 Å². The lowest BCUT2D eigenvalue weighted by molar-refractivity contribution is -0.274. The van der Waals surface area contributed by atoms with Crippen LogP contribution in [0.1, 0.15) is 6.42 Å². The van der Waals surface area contributed by atoms with E-state index in [2.05, 4.69) is 0 Å². The van der Waals surface area contributed by atoms with Gasteiger partial charge in [0.15, 0.2) is 0 Å². The van der Waals surface area contributed by atoms with Crippen molar-refractivity contribution in [2.75, 3.05) is 33.7 Å². The number of nitrogens with zero attached hydrogens (tertiary/aromatic N) is 2. The lowest BCUT2D eigenvalue weighted by Gasteiger charge is -2.26. The van der Waals surface area contributed by atoms with Gasteiger partial charge in [0.25, 0.3) is 0 Å². The Morgan fingerprint density at radius 3 is 2.28 bits per heavy atom. The van der Waals surface area contributed by atoms with Crippen LogP contribution >= 0.6 is 0 Å². The first kappa shape index (κ1) is 15.1. The first-order valence-electron chi connectivity index (χ1n) is 5.44. The van der Waals surface area contributed by atoms with Gasteiger partial charge in [-0.25, -0.2) is 0 Å². The smallest absolute Gasteiger partial charge is 0.340 e. The van der Waals surface area contributed by atoms with Crippen molar-refractivity contribution in [2.45, 2.75) is 18.5 Å². The second kappa shape index (κ2) is 4.99. The summed E-state index contributed by atoms with van der Waals surface area (Å²) in [5.41, 5.74) is 0. The molecule has 1 aliphatic heterocycles. The average molecular weight is 274 g/mol. The number of likely N-dealkylation sites (tertiary alicyclic amines) is 1. The van der Waals surface area contributed by atoms with Crippen LogP contribution < -0.4 is 0 Å². The molecule has 1 rings (SSSR count). The monoisotopic (exact) mass is 274 g/mol. The van der Waals surface area contributed by atoms with Gasteiger partial charge < -0.3 is 9.80 Å². The Balaban J connectivity index is 2.61. The van der Waals surface area contributed by atoms with Crippen LogP contribution in [0.3, 0.4) is 0 Å². The van der Waals surface area contributed by atoms with E-state index in [-0.39, 0.29) is 12.5 Å². The first-order chi connectivity index (χ1) is 8.05. The maximum Gasteiger partial charge on any atom is 0.463 e. The fourth-order valence-electron chi connectivity index (χ4n) is 2.01. The molecule has 1 unspecified atom stereocenters. The van der Waals surface area contributed by atoms with Crippen molar-refractivity contribution in [3.05, 3.63) is 0 Å². The van der Waals surface area contributed by atoms with Crippen LogP contribution in [0.25, 0.3) is 0 Å². The van der Waals surface area contributed by atoms with Gasteiger partial charge >= 0.3 is 18.0 Å². The van der Waals surface area contributed by atoms with Gasteiger partial charge in [-0.2, -0.15) is 22.0 Å². The first-order valence-corrected chi connectivity index (χ1v) is 5.44. The minimum absolute atomic E-state index is 0.0621. The molecule has 0 aromatic rings. The Labute approximate surface area is 102 Å². The summed E-state index contributed by atoms with van der Waals surface area (Å²) in [4.78, 5) is 13.5. The van der Waals surface area contributed by atoms with E-state index < -0.39 is 18.0 Å². The van der Waals surface area contributed by atoms with E-state index in [0.717, 1.165) is 13.6 Å². The quantitative estimate of drug-likeness (QED) is 0.730. The van der Waals surface area contributed by atoms with E-state index in [4.69, 9.17) is 0 Å². The number of alkyl halides is 5. The molecule has 0 bridgehead atoms. The summed E-state index contributed by atoms with van der Waals surface area (Å²) in [5, 5.41) is 0. The molecule has 0 N–H and O–H groups in total. The maximum absolute atomic E-state index is 12.8. The van der Waals surface area contributed by atoms with Crippen LogP contribution in [-0.4, -0.2) is 61.5 Å². The summed E-state index contributed by atoms with van der Waals surface area (Å²) in [7, 11) is 2.80. The molecule has 1 atom stereocenters. The van der Waals surface area contributed by atoms with E-state index in [9.17, 15) is 26.7 Å². The summed E-state index contributed by atoms with van der Waals surface area (Å²) in [6.07, 6.45) is -5.16. The molecule has 1 heterocycles. The lowest BCUT2D eigenvalue weighted by Crippen LogP contribution is -2.51. The standard InChI is InChI=1S/C10H15F5N2O/c1-16-4-3-7(5-16)6-17(2)8(18)9(11,12)10(13,14)15/h7H,3-6H2,1-2H3. The van der Waals surface area contributed by atoms with Crippen LogP contribution in [0.2, 0.25) is 0 Å². The zero-order valence-electron chi connectivity index (χ0n) is 10.1. The molecule has 0 saturated carbocycles. The molecule has 8 heteroatoms. The second-order valence-electron chi connectivity index (χ2n) is 4.67. The molecule has 0 aliphatic carbocycles. The molecule has 0 radical (unpaired) electrons. The highest BCUT2D eigenvalue weighted by Crippen LogP contribution is 2.36. The van der Waals surface area contributed by atoms with Gasteiger partial charge in [-0.3, -0.25) is 4.79 Å². The van der Waals surface area contributed by atoms with Gasteiger partial charge in [-0.05, 0) is 25.9 Å². The average Bonchev–Trinajstić information content (AvgIpc) is 2.61. The number of carbonyl (C=O) groups excluding carboxylic acids is 1. The molecule has 1 fully saturated rings. The van der Waals surface area contributed by atoms with Crippen molar-refractivity contribution in [3.8, 4) is 0 Å². The normalized spacial score (nSPS) is 22.3. The summed E-state index contributed by atoms with van der Waals surface area (Å²) in [6, 6.07) is 0. The largest absolute Gasteiger partial charge is 0.463 e. The highest BCUT2D eigenvalue weighted by Gasteiger charge is 2.64. The highest BCUT2D eigenvalue weighted by atomic mass is 19.4. The zero-order valence-corrected chi connectivity index (χ0v) is 10.1. The molecule has 1 amide bonds. The van der Waals surface area contributed by atoms with Crippen molar-refractivity contribution in [1.82, 2.24) is 9.80 Å². The lowest BCUT2D eigenvalue weighted by atomic mass is 10.1. The fourth-order valence-corrected chi connectivity index (χ4v) is 2.01. The van der Waals surface area contributed by atoms with Crippen molar-refractivity contribution < 1.29 is 26.7 Å². The van der Waals surface area contributed by atoms with E-state index in [1.54, 1.807) is 0 Å². The number of halogens is 5. The van der Waals surface area contributed by atoms with Gasteiger partial charge in [0, 0.05) is 20.1 Å². The van der Waals surface area contributed by atoms with Gasteiger partial charge in [0.2, 0.25) is 0 Å². The van der Waals surface area contributed by atoms with Gasteiger partial charge in [-0.1, -0.05) is 0 Å². The number of amides is 1. The number of hydrogen-bond donors (Lipinski definition) is 0. The third-order valence-corrected chi connectivity index (χ3v) is 2.99. The number of rotatable bonds is 3. The fraction of sp³-hybridized carbons (Fsp3) is 0.900. The highest BCUT2D eigenvalue weighted by molar-refractivity contribution is 5.84. The molecule has 0 aromatic carbocycles. The van der Waals surface area contributed by atoms with Crippen molar-refractivity contribution in [1.29, 1.82) is 0 Å². The van der Waals surface area contributed by atoms with E-state index in [1.807, 2.05) is 11.9 Å². The molecule has 3 nitrogen and oxygen atoms in total. The molecule has 0 spiro atoms. The molecule has 1 saturated heterocycles. The Hall–Kier alpha value is -0.920. The minimum atomic E-state index is -5.84. The molecular weight excluding hydrogens is 259 g/mol. The Morgan fingerprint density at radius 2 is 1.89 bits per heavy atom. The van der Waals surface area contributed by atoms with E-state index in [0.29, 0.717) is 17.9 Å². The Morgan fingerprint density at radius 1 is 1.33 bits per heavy atom. The van der Waals surface area contributed by atoms with E-state index in [1.165, 1.54) is 0 Å². The second-order valence-corrected chi connectivity index (χ2v) is 4.67. The number of carbonyl (C=O) groups is 1. The SMILES string of the molecule is CN1CCC(CN(C)C(=O)C(F)(F)C(F)(F)F)C1. The van der Waals surface area contributed by atoms with Crippen molar-refractivity contribution >= 4 is 5.91 Å². The Kier molecular flexibility index (Phi) is 4.19. The van der Waals surface area contributed by atoms with Crippen LogP contribution in [0.5, 0.6) is 0 Å². The third-order valence-electron chi connectivity index (χ3n) is 2.99. The molecular formula is C10H15F5N2O.